The molecule has 0 aliphatic heterocycles. The van der Waals surface area contributed by atoms with Crippen molar-refractivity contribution < 1.29 is 14.1 Å². The Balaban J connectivity index is 1.95. The van der Waals surface area contributed by atoms with Crippen molar-refractivity contribution in [2.24, 2.45) is 0 Å². The van der Waals surface area contributed by atoms with Gasteiger partial charge in [-0.15, -0.1) is 0 Å². The number of nitrogens with zero attached hydrogens (tertiary/aromatic N) is 2. The van der Waals surface area contributed by atoms with E-state index < -0.39 is 0 Å². The number of ether oxygens (including phenoxy) is 1. The van der Waals surface area contributed by atoms with E-state index in [0.717, 1.165) is 12.0 Å². The Hall–Kier alpha value is -2.21. The minimum atomic E-state index is -0.255. The molecule has 2 aromatic heterocycles. The molecule has 2 aromatic rings. The Morgan fingerprint density at radius 2 is 2.42 bits per heavy atom. The van der Waals surface area contributed by atoms with Gasteiger partial charge in [0.2, 0.25) is 0 Å². The molecule has 0 aromatic carbocycles. The lowest BCUT2D eigenvalue weighted by molar-refractivity contribution is 0.0939. The molecule has 0 aliphatic carbocycles. The number of amides is 1. The first kappa shape index (κ1) is 13.2. The third-order valence-electron chi connectivity index (χ3n) is 2.50. The number of aromatic nitrogens is 2. The van der Waals surface area contributed by atoms with Crippen LogP contribution >= 0.6 is 0 Å². The van der Waals surface area contributed by atoms with Crippen LogP contribution in [0.2, 0.25) is 0 Å². The number of carbonyl (C=O) groups excluding carboxylic acids is 1. The summed E-state index contributed by atoms with van der Waals surface area (Å²) in [5, 5.41) is 6.49. The summed E-state index contributed by atoms with van der Waals surface area (Å²) in [6.07, 6.45) is 4.08. The fourth-order valence-electron chi connectivity index (χ4n) is 1.54. The minimum absolute atomic E-state index is 0.255. The number of rotatable bonds is 6. The van der Waals surface area contributed by atoms with Crippen molar-refractivity contribution in [3.05, 3.63) is 36.3 Å². The highest BCUT2D eigenvalue weighted by atomic mass is 16.5. The van der Waals surface area contributed by atoms with Gasteiger partial charge < -0.3 is 14.6 Å². The van der Waals surface area contributed by atoms with Gasteiger partial charge in [0.25, 0.3) is 5.91 Å². The van der Waals surface area contributed by atoms with Gasteiger partial charge in [0.05, 0.1) is 0 Å². The maximum absolute atomic E-state index is 11.8. The average Bonchev–Trinajstić information content (AvgIpc) is 2.94. The minimum Gasteiger partial charge on any atom is -0.385 e. The molecule has 0 saturated carbocycles. The standard InChI is InChI=1S/C13H15N3O3/c1-18-7-3-6-15-13(17)11-8-12(19-16-11)10-4-2-5-14-9-10/h2,4-5,8-9H,3,6-7H2,1H3,(H,15,17). The van der Waals surface area contributed by atoms with E-state index in [2.05, 4.69) is 15.5 Å². The van der Waals surface area contributed by atoms with Gasteiger partial charge in [0, 0.05) is 44.3 Å². The van der Waals surface area contributed by atoms with Crippen molar-refractivity contribution in [2.45, 2.75) is 6.42 Å². The molecule has 0 bridgehead atoms. The highest BCUT2D eigenvalue weighted by Crippen LogP contribution is 2.18. The molecule has 19 heavy (non-hydrogen) atoms. The maximum Gasteiger partial charge on any atom is 0.273 e. The van der Waals surface area contributed by atoms with E-state index in [1.807, 2.05) is 6.07 Å². The lowest BCUT2D eigenvalue weighted by atomic mass is 10.2. The molecule has 0 spiro atoms. The summed E-state index contributed by atoms with van der Waals surface area (Å²) in [5.41, 5.74) is 1.05. The van der Waals surface area contributed by atoms with Gasteiger partial charge in [-0.3, -0.25) is 9.78 Å². The second-order valence-corrected chi connectivity index (χ2v) is 3.92. The largest absolute Gasteiger partial charge is 0.385 e. The highest BCUT2D eigenvalue weighted by molar-refractivity contribution is 5.93. The zero-order chi connectivity index (χ0) is 13.5. The molecule has 0 radical (unpaired) electrons. The van der Waals surface area contributed by atoms with Gasteiger partial charge in [0.1, 0.15) is 0 Å². The third-order valence-corrected chi connectivity index (χ3v) is 2.50. The quantitative estimate of drug-likeness (QED) is 0.797. The van der Waals surface area contributed by atoms with Crippen molar-refractivity contribution >= 4 is 5.91 Å². The molecule has 0 saturated heterocycles. The van der Waals surface area contributed by atoms with E-state index in [-0.39, 0.29) is 11.6 Å². The summed E-state index contributed by atoms with van der Waals surface area (Å²) in [4.78, 5) is 15.7. The molecular weight excluding hydrogens is 246 g/mol. The molecule has 2 heterocycles. The SMILES string of the molecule is COCCCNC(=O)c1cc(-c2cccnc2)on1. The Kier molecular flexibility index (Phi) is 4.63. The number of hydrogen-bond acceptors (Lipinski definition) is 5. The van der Waals surface area contributed by atoms with Crippen molar-refractivity contribution in [1.29, 1.82) is 0 Å². The second kappa shape index (κ2) is 6.65. The van der Waals surface area contributed by atoms with Gasteiger partial charge in [0.15, 0.2) is 11.5 Å². The van der Waals surface area contributed by atoms with Gasteiger partial charge in [-0.1, -0.05) is 5.16 Å². The van der Waals surface area contributed by atoms with Crippen molar-refractivity contribution in [2.75, 3.05) is 20.3 Å². The Morgan fingerprint density at radius 1 is 1.53 bits per heavy atom. The predicted octanol–water partition coefficient (Wildman–Crippen LogP) is 1.50. The number of hydrogen-bond donors (Lipinski definition) is 1. The highest BCUT2D eigenvalue weighted by Gasteiger charge is 2.12. The molecular formula is C13H15N3O3. The van der Waals surface area contributed by atoms with E-state index in [9.17, 15) is 4.79 Å². The normalized spacial score (nSPS) is 10.4. The van der Waals surface area contributed by atoms with Crippen LogP contribution in [0.15, 0.2) is 35.1 Å². The molecule has 0 aliphatic rings. The monoisotopic (exact) mass is 261 g/mol. The van der Waals surface area contributed by atoms with E-state index in [0.29, 0.717) is 18.9 Å². The molecule has 6 heteroatoms. The molecule has 0 fully saturated rings. The number of carbonyl (C=O) groups is 1. The van der Waals surface area contributed by atoms with Crippen LogP contribution in [0.3, 0.4) is 0 Å². The van der Waals surface area contributed by atoms with E-state index in [4.69, 9.17) is 9.26 Å². The Bertz CT molecular complexity index is 525. The summed E-state index contributed by atoms with van der Waals surface area (Å²) in [6.45, 7) is 1.15. The van der Waals surface area contributed by atoms with E-state index in [1.165, 1.54) is 0 Å². The van der Waals surface area contributed by atoms with Crippen LogP contribution in [0.4, 0.5) is 0 Å². The fourth-order valence-corrected chi connectivity index (χ4v) is 1.54. The van der Waals surface area contributed by atoms with Crippen LogP contribution in [0.25, 0.3) is 11.3 Å². The van der Waals surface area contributed by atoms with Crippen molar-refractivity contribution in [1.82, 2.24) is 15.5 Å². The summed E-state index contributed by atoms with van der Waals surface area (Å²) in [7, 11) is 1.62. The topological polar surface area (TPSA) is 77.2 Å². The number of pyridine rings is 1. The number of nitrogens with one attached hydrogen (secondary N) is 1. The molecule has 6 nitrogen and oxygen atoms in total. The van der Waals surface area contributed by atoms with Crippen molar-refractivity contribution in [3.8, 4) is 11.3 Å². The van der Waals surface area contributed by atoms with Gasteiger partial charge in [-0.2, -0.15) is 0 Å². The molecule has 2 rings (SSSR count). The summed E-state index contributed by atoms with van der Waals surface area (Å²) >= 11 is 0. The Morgan fingerprint density at radius 3 is 3.16 bits per heavy atom. The summed E-state index contributed by atoms with van der Waals surface area (Å²) < 4.78 is 10.0. The second-order valence-electron chi connectivity index (χ2n) is 3.92. The zero-order valence-electron chi connectivity index (χ0n) is 10.6. The maximum atomic E-state index is 11.8. The molecule has 100 valence electrons. The smallest absolute Gasteiger partial charge is 0.273 e. The third kappa shape index (κ3) is 3.62. The van der Waals surface area contributed by atoms with Gasteiger partial charge in [-0.25, -0.2) is 0 Å². The first-order valence-corrected chi connectivity index (χ1v) is 5.95. The Labute approximate surface area is 110 Å². The lowest BCUT2D eigenvalue weighted by Gasteiger charge is -2.01. The van der Waals surface area contributed by atoms with E-state index in [1.54, 1.807) is 31.6 Å². The molecule has 1 N–H and O–H groups in total. The van der Waals surface area contributed by atoms with Crippen LogP contribution < -0.4 is 5.32 Å². The van der Waals surface area contributed by atoms with Crippen molar-refractivity contribution in [3.63, 3.8) is 0 Å². The van der Waals surface area contributed by atoms with Gasteiger partial charge in [-0.05, 0) is 18.6 Å². The predicted molar refractivity (Wildman–Crippen MR) is 68.6 cm³/mol. The fraction of sp³-hybridized carbons (Fsp3) is 0.308. The average molecular weight is 261 g/mol. The number of methoxy groups -OCH3 is 1. The lowest BCUT2D eigenvalue weighted by Crippen LogP contribution is -2.25. The van der Waals surface area contributed by atoms with Crippen LogP contribution in [-0.4, -0.2) is 36.3 Å². The zero-order valence-corrected chi connectivity index (χ0v) is 10.6. The van der Waals surface area contributed by atoms with Crippen LogP contribution in [0.5, 0.6) is 0 Å². The van der Waals surface area contributed by atoms with Crippen LogP contribution in [0, 0.1) is 0 Å². The van der Waals surface area contributed by atoms with Crippen LogP contribution in [0.1, 0.15) is 16.9 Å². The first-order chi connectivity index (χ1) is 9.31. The van der Waals surface area contributed by atoms with Gasteiger partial charge >= 0.3 is 0 Å². The van der Waals surface area contributed by atoms with E-state index >= 15 is 0 Å². The summed E-state index contributed by atoms with van der Waals surface area (Å²) in [6, 6.07) is 5.23. The summed E-state index contributed by atoms with van der Waals surface area (Å²) in [5.74, 6) is 0.269. The molecule has 0 atom stereocenters. The van der Waals surface area contributed by atoms with Crippen LogP contribution in [-0.2, 0) is 4.74 Å². The molecule has 1 amide bonds. The molecule has 0 unspecified atom stereocenters. The first-order valence-electron chi connectivity index (χ1n) is 5.95.